The molecule has 2 aromatic rings. The molecule has 4 nitrogen and oxygen atoms in total. The maximum atomic E-state index is 12.7. The summed E-state index contributed by atoms with van der Waals surface area (Å²) in [6.45, 7) is 0.392. The topological polar surface area (TPSA) is 51.3 Å². The Kier molecular flexibility index (Phi) is 4.52. The van der Waals surface area contributed by atoms with E-state index in [1.165, 1.54) is 19.4 Å². The van der Waals surface area contributed by atoms with E-state index >= 15 is 0 Å². The second-order valence-corrected chi connectivity index (χ2v) is 4.46. The standard InChI is InChI=1S/C14H14F3NO3/c1-20-4-5-21-13(19)6-9-8-18-12-3-2-10(7-11(9)12)14(15,16)17/h2-3,7-8,18H,4-6H2,1H3. The molecule has 0 radical (unpaired) electrons. The van der Waals surface area contributed by atoms with Gasteiger partial charge in [-0.3, -0.25) is 4.79 Å². The normalized spacial score (nSPS) is 11.8. The number of fused-ring (bicyclic) bond motifs is 1. The average Bonchev–Trinajstić information content (AvgIpc) is 2.80. The summed E-state index contributed by atoms with van der Waals surface area (Å²) in [4.78, 5) is 14.4. The SMILES string of the molecule is COCCOC(=O)Cc1c[nH]c2ccc(C(F)(F)F)cc12. The molecule has 0 saturated heterocycles. The number of ether oxygens (including phenoxy) is 2. The predicted octanol–water partition coefficient (Wildman–Crippen LogP) is 2.92. The van der Waals surface area contributed by atoms with E-state index in [0.29, 0.717) is 16.5 Å². The zero-order valence-electron chi connectivity index (χ0n) is 11.3. The molecule has 0 aliphatic heterocycles. The molecule has 0 aliphatic rings. The highest BCUT2D eigenvalue weighted by atomic mass is 19.4. The number of nitrogens with one attached hydrogen (secondary N) is 1. The second-order valence-electron chi connectivity index (χ2n) is 4.46. The molecule has 1 N–H and O–H groups in total. The number of aromatic amines is 1. The van der Waals surface area contributed by atoms with Gasteiger partial charge in [0.2, 0.25) is 0 Å². The minimum atomic E-state index is -4.41. The van der Waals surface area contributed by atoms with Crippen molar-refractivity contribution < 1.29 is 27.4 Å². The number of hydrogen-bond donors (Lipinski definition) is 1. The number of carbonyl (C=O) groups excluding carboxylic acids is 1. The molecule has 0 amide bonds. The van der Waals surface area contributed by atoms with Gasteiger partial charge in [-0.25, -0.2) is 0 Å². The summed E-state index contributed by atoms with van der Waals surface area (Å²) in [5.74, 6) is -0.509. The van der Waals surface area contributed by atoms with Crippen LogP contribution in [-0.4, -0.2) is 31.3 Å². The molecule has 2 rings (SSSR count). The van der Waals surface area contributed by atoms with Crippen LogP contribution in [0.2, 0.25) is 0 Å². The van der Waals surface area contributed by atoms with E-state index < -0.39 is 17.7 Å². The summed E-state index contributed by atoms with van der Waals surface area (Å²) in [7, 11) is 1.48. The highest BCUT2D eigenvalue weighted by Gasteiger charge is 2.30. The summed E-state index contributed by atoms with van der Waals surface area (Å²) in [5.41, 5.74) is 0.268. The summed E-state index contributed by atoms with van der Waals surface area (Å²) >= 11 is 0. The summed E-state index contributed by atoms with van der Waals surface area (Å²) in [6, 6.07) is 3.38. The quantitative estimate of drug-likeness (QED) is 0.682. The van der Waals surface area contributed by atoms with Gasteiger partial charge >= 0.3 is 12.1 Å². The Labute approximate surface area is 118 Å². The second kappa shape index (κ2) is 6.17. The van der Waals surface area contributed by atoms with Crippen molar-refractivity contribution in [2.45, 2.75) is 12.6 Å². The molecule has 0 atom stereocenters. The van der Waals surface area contributed by atoms with Crippen LogP contribution in [0.25, 0.3) is 10.9 Å². The smallest absolute Gasteiger partial charge is 0.416 e. The number of H-pyrrole nitrogens is 1. The number of halogens is 3. The fourth-order valence-corrected chi connectivity index (χ4v) is 1.95. The monoisotopic (exact) mass is 301 g/mol. The third kappa shape index (κ3) is 3.75. The van der Waals surface area contributed by atoms with Crippen LogP contribution in [0.3, 0.4) is 0 Å². The fraction of sp³-hybridized carbons (Fsp3) is 0.357. The molecule has 1 heterocycles. The van der Waals surface area contributed by atoms with Crippen LogP contribution in [0.15, 0.2) is 24.4 Å². The lowest BCUT2D eigenvalue weighted by molar-refractivity contribution is -0.144. The molecule has 1 aromatic carbocycles. The van der Waals surface area contributed by atoms with E-state index in [-0.39, 0.29) is 19.6 Å². The van der Waals surface area contributed by atoms with Gasteiger partial charge in [0.25, 0.3) is 0 Å². The minimum absolute atomic E-state index is 0.0922. The summed E-state index contributed by atoms with van der Waals surface area (Å²) < 4.78 is 47.8. The number of benzene rings is 1. The number of esters is 1. The van der Waals surface area contributed by atoms with E-state index in [0.717, 1.165) is 12.1 Å². The molecule has 0 aliphatic carbocycles. The van der Waals surface area contributed by atoms with Gasteiger partial charge in [0.1, 0.15) is 6.61 Å². The highest BCUT2D eigenvalue weighted by Crippen LogP contribution is 2.32. The van der Waals surface area contributed by atoms with Crippen LogP contribution in [-0.2, 0) is 26.9 Å². The first-order valence-electron chi connectivity index (χ1n) is 6.23. The Bertz CT molecular complexity index is 634. The van der Waals surface area contributed by atoms with Crippen molar-refractivity contribution in [3.05, 3.63) is 35.5 Å². The Morgan fingerprint density at radius 3 is 2.71 bits per heavy atom. The lowest BCUT2D eigenvalue weighted by Gasteiger charge is -2.07. The third-order valence-electron chi connectivity index (χ3n) is 2.98. The molecule has 21 heavy (non-hydrogen) atoms. The summed E-state index contributed by atoms with van der Waals surface area (Å²) in [5, 5.41) is 0.369. The van der Waals surface area contributed by atoms with Gasteiger partial charge in [-0.2, -0.15) is 13.2 Å². The number of methoxy groups -OCH3 is 1. The molecular formula is C14H14F3NO3. The van der Waals surface area contributed by atoms with Crippen LogP contribution in [0.4, 0.5) is 13.2 Å². The van der Waals surface area contributed by atoms with Gasteiger partial charge in [0.15, 0.2) is 0 Å². The first-order chi connectivity index (χ1) is 9.91. The maximum Gasteiger partial charge on any atom is 0.416 e. The maximum absolute atomic E-state index is 12.7. The minimum Gasteiger partial charge on any atom is -0.463 e. The van der Waals surface area contributed by atoms with Crippen molar-refractivity contribution in [2.75, 3.05) is 20.3 Å². The van der Waals surface area contributed by atoms with Crippen molar-refractivity contribution in [3.63, 3.8) is 0 Å². The fourth-order valence-electron chi connectivity index (χ4n) is 1.95. The molecule has 0 spiro atoms. The number of hydrogen-bond acceptors (Lipinski definition) is 3. The Morgan fingerprint density at radius 1 is 1.29 bits per heavy atom. The molecule has 114 valence electrons. The molecule has 0 unspecified atom stereocenters. The predicted molar refractivity (Wildman–Crippen MR) is 69.8 cm³/mol. The molecule has 0 saturated carbocycles. The van der Waals surface area contributed by atoms with Crippen LogP contribution in [0.1, 0.15) is 11.1 Å². The van der Waals surface area contributed by atoms with E-state index in [1.807, 2.05) is 0 Å². The van der Waals surface area contributed by atoms with E-state index in [4.69, 9.17) is 9.47 Å². The number of alkyl halides is 3. The highest BCUT2D eigenvalue weighted by molar-refractivity contribution is 5.87. The van der Waals surface area contributed by atoms with Crippen molar-refractivity contribution in [2.24, 2.45) is 0 Å². The number of rotatable bonds is 5. The lowest BCUT2D eigenvalue weighted by atomic mass is 10.1. The van der Waals surface area contributed by atoms with E-state index in [9.17, 15) is 18.0 Å². The largest absolute Gasteiger partial charge is 0.463 e. The van der Waals surface area contributed by atoms with Crippen molar-refractivity contribution in [3.8, 4) is 0 Å². The Hall–Kier alpha value is -2.02. The van der Waals surface area contributed by atoms with Gasteiger partial charge in [-0.15, -0.1) is 0 Å². The molecule has 0 fully saturated rings. The third-order valence-corrected chi connectivity index (χ3v) is 2.98. The first kappa shape index (κ1) is 15.4. The molecule has 1 aromatic heterocycles. The number of carbonyl (C=O) groups is 1. The van der Waals surface area contributed by atoms with Crippen LogP contribution in [0, 0.1) is 0 Å². The van der Waals surface area contributed by atoms with Crippen LogP contribution in [0.5, 0.6) is 0 Å². The van der Waals surface area contributed by atoms with Gasteiger partial charge in [-0.05, 0) is 23.8 Å². The zero-order chi connectivity index (χ0) is 15.5. The van der Waals surface area contributed by atoms with Crippen molar-refractivity contribution in [1.29, 1.82) is 0 Å². The Balaban J connectivity index is 2.18. The van der Waals surface area contributed by atoms with Crippen molar-refractivity contribution >= 4 is 16.9 Å². The van der Waals surface area contributed by atoms with Gasteiger partial charge in [0, 0.05) is 24.2 Å². The molecule has 0 bridgehead atoms. The number of aromatic nitrogens is 1. The van der Waals surface area contributed by atoms with Gasteiger partial charge in [-0.1, -0.05) is 0 Å². The summed E-state index contributed by atoms with van der Waals surface area (Å²) in [6.07, 6.45) is -2.99. The Morgan fingerprint density at radius 2 is 2.05 bits per heavy atom. The average molecular weight is 301 g/mol. The molecule has 7 heteroatoms. The van der Waals surface area contributed by atoms with Crippen LogP contribution >= 0.6 is 0 Å². The van der Waals surface area contributed by atoms with Gasteiger partial charge < -0.3 is 14.5 Å². The first-order valence-corrected chi connectivity index (χ1v) is 6.23. The van der Waals surface area contributed by atoms with E-state index in [2.05, 4.69) is 4.98 Å². The lowest BCUT2D eigenvalue weighted by Crippen LogP contribution is -2.11. The zero-order valence-corrected chi connectivity index (χ0v) is 11.3. The van der Waals surface area contributed by atoms with E-state index in [1.54, 1.807) is 0 Å². The van der Waals surface area contributed by atoms with Crippen molar-refractivity contribution in [1.82, 2.24) is 4.98 Å². The molecular weight excluding hydrogens is 287 g/mol. The van der Waals surface area contributed by atoms with Crippen LogP contribution < -0.4 is 0 Å². The van der Waals surface area contributed by atoms with Gasteiger partial charge in [0.05, 0.1) is 18.6 Å².